The second-order valence-electron chi connectivity index (χ2n) is 4.56. The summed E-state index contributed by atoms with van der Waals surface area (Å²) in [7, 11) is -1.03. The SMILES string of the molecule is CN(Cc1ccccc1F)C1CCS(=O)(=O)C1. The highest BCUT2D eigenvalue weighted by molar-refractivity contribution is 7.91. The van der Waals surface area contributed by atoms with Crippen LogP contribution in [0, 0.1) is 5.82 Å². The maximum atomic E-state index is 13.4. The summed E-state index contributed by atoms with van der Waals surface area (Å²) >= 11 is 0. The Morgan fingerprint density at radius 3 is 2.71 bits per heavy atom. The number of rotatable bonds is 3. The summed E-state index contributed by atoms with van der Waals surface area (Å²) in [5.74, 6) is 0.206. The van der Waals surface area contributed by atoms with Crippen LogP contribution in [0.15, 0.2) is 24.3 Å². The largest absolute Gasteiger partial charge is 0.298 e. The first kappa shape index (κ1) is 12.5. The molecule has 1 aliphatic rings. The van der Waals surface area contributed by atoms with Crippen LogP contribution in [0.2, 0.25) is 0 Å². The number of benzene rings is 1. The van der Waals surface area contributed by atoms with Crippen molar-refractivity contribution < 1.29 is 12.8 Å². The fraction of sp³-hybridized carbons (Fsp3) is 0.500. The molecule has 1 aromatic rings. The van der Waals surface area contributed by atoms with Crippen molar-refractivity contribution in [2.45, 2.75) is 19.0 Å². The standard InChI is InChI=1S/C12H16FNO2S/c1-14(11-6-7-17(15,16)9-11)8-10-4-2-3-5-12(10)13/h2-5,11H,6-9H2,1H3. The minimum atomic E-state index is -2.88. The molecule has 2 rings (SSSR count). The van der Waals surface area contributed by atoms with E-state index in [0.717, 1.165) is 0 Å². The molecule has 0 amide bonds. The second-order valence-corrected chi connectivity index (χ2v) is 6.79. The summed E-state index contributed by atoms with van der Waals surface area (Å²) < 4.78 is 36.2. The lowest BCUT2D eigenvalue weighted by molar-refractivity contribution is 0.250. The van der Waals surface area contributed by atoms with Gasteiger partial charge in [0.05, 0.1) is 11.5 Å². The molecule has 3 nitrogen and oxygen atoms in total. The first-order valence-corrected chi connectivity index (χ1v) is 7.44. The first-order valence-electron chi connectivity index (χ1n) is 5.62. The summed E-state index contributed by atoms with van der Waals surface area (Å²) in [5, 5.41) is 0. The van der Waals surface area contributed by atoms with Crippen molar-refractivity contribution in [1.29, 1.82) is 0 Å². The molecule has 5 heteroatoms. The Morgan fingerprint density at radius 1 is 1.41 bits per heavy atom. The average Bonchev–Trinajstić information content (AvgIpc) is 2.62. The van der Waals surface area contributed by atoms with Gasteiger partial charge in [0.2, 0.25) is 0 Å². The van der Waals surface area contributed by atoms with Crippen LogP contribution in [0.25, 0.3) is 0 Å². The van der Waals surface area contributed by atoms with E-state index in [2.05, 4.69) is 0 Å². The molecular weight excluding hydrogens is 241 g/mol. The Morgan fingerprint density at radius 2 is 2.12 bits per heavy atom. The monoisotopic (exact) mass is 257 g/mol. The topological polar surface area (TPSA) is 37.4 Å². The van der Waals surface area contributed by atoms with Crippen molar-refractivity contribution in [3.63, 3.8) is 0 Å². The van der Waals surface area contributed by atoms with E-state index in [0.29, 0.717) is 18.5 Å². The van der Waals surface area contributed by atoms with Crippen LogP contribution in [0.3, 0.4) is 0 Å². The molecule has 0 spiro atoms. The number of hydrogen-bond acceptors (Lipinski definition) is 3. The predicted octanol–water partition coefficient (Wildman–Crippen LogP) is 1.44. The highest BCUT2D eigenvalue weighted by Crippen LogP contribution is 2.19. The quantitative estimate of drug-likeness (QED) is 0.822. The zero-order valence-corrected chi connectivity index (χ0v) is 10.6. The van der Waals surface area contributed by atoms with E-state index >= 15 is 0 Å². The lowest BCUT2D eigenvalue weighted by Gasteiger charge is -2.23. The zero-order chi connectivity index (χ0) is 12.5. The molecule has 94 valence electrons. The van der Waals surface area contributed by atoms with Gasteiger partial charge in [-0.3, -0.25) is 4.90 Å². The lowest BCUT2D eigenvalue weighted by atomic mass is 10.1. The van der Waals surface area contributed by atoms with Gasteiger partial charge in [0, 0.05) is 18.2 Å². The Labute approximate surface area is 101 Å². The third-order valence-corrected chi connectivity index (χ3v) is 4.96. The summed E-state index contributed by atoms with van der Waals surface area (Å²) in [6.45, 7) is 0.451. The smallest absolute Gasteiger partial charge is 0.151 e. The van der Waals surface area contributed by atoms with Crippen molar-refractivity contribution in [3.05, 3.63) is 35.6 Å². The Kier molecular flexibility index (Phi) is 3.49. The molecule has 0 aliphatic carbocycles. The molecule has 1 aliphatic heterocycles. The molecule has 1 fully saturated rings. The summed E-state index contributed by atoms with van der Waals surface area (Å²) in [4.78, 5) is 1.92. The van der Waals surface area contributed by atoms with Gasteiger partial charge in [0.15, 0.2) is 9.84 Å². The number of hydrogen-bond donors (Lipinski definition) is 0. The summed E-state index contributed by atoms with van der Waals surface area (Å²) in [5.41, 5.74) is 0.610. The zero-order valence-electron chi connectivity index (χ0n) is 9.77. The van der Waals surface area contributed by atoms with Crippen molar-refractivity contribution >= 4 is 9.84 Å². The molecule has 0 radical (unpaired) electrons. The van der Waals surface area contributed by atoms with E-state index in [1.54, 1.807) is 18.2 Å². The molecule has 1 heterocycles. The van der Waals surface area contributed by atoms with E-state index in [1.165, 1.54) is 6.07 Å². The molecule has 0 N–H and O–H groups in total. The van der Waals surface area contributed by atoms with Gasteiger partial charge in [-0.05, 0) is 19.5 Å². The maximum Gasteiger partial charge on any atom is 0.151 e. The van der Waals surface area contributed by atoms with Crippen molar-refractivity contribution in [1.82, 2.24) is 4.90 Å². The van der Waals surface area contributed by atoms with Crippen LogP contribution in [0.4, 0.5) is 4.39 Å². The van der Waals surface area contributed by atoms with Crippen molar-refractivity contribution in [2.75, 3.05) is 18.6 Å². The third-order valence-electron chi connectivity index (χ3n) is 3.21. The van der Waals surface area contributed by atoms with E-state index in [1.807, 2.05) is 11.9 Å². The van der Waals surface area contributed by atoms with Gasteiger partial charge >= 0.3 is 0 Å². The maximum absolute atomic E-state index is 13.4. The number of sulfone groups is 1. The van der Waals surface area contributed by atoms with E-state index in [-0.39, 0.29) is 23.4 Å². The van der Waals surface area contributed by atoms with Gasteiger partial charge in [-0.1, -0.05) is 18.2 Å². The Bertz CT molecular complexity index is 501. The Hall–Kier alpha value is -0.940. The van der Waals surface area contributed by atoms with Crippen LogP contribution in [0.5, 0.6) is 0 Å². The molecular formula is C12H16FNO2S. The third kappa shape index (κ3) is 3.04. The molecule has 17 heavy (non-hydrogen) atoms. The first-order chi connectivity index (χ1) is 7.98. The van der Waals surface area contributed by atoms with Crippen LogP contribution < -0.4 is 0 Å². The van der Waals surface area contributed by atoms with Gasteiger partial charge in [0.25, 0.3) is 0 Å². The number of halogens is 1. The van der Waals surface area contributed by atoms with Crippen molar-refractivity contribution in [3.8, 4) is 0 Å². The fourth-order valence-electron chi connectivity index (χ4n) is 2.15. The lowest BCUT2D eigenvalue weighted by Crippen LogP contribution is -2.32. The molecule has 1 aromatic carbocycles. The minimum absolute atomic E-state index is 0.0135. The van der Waals surface area contributed by atoms with E-state index in [4.69, 9.17) is 0 Å². The number of nitrogens with zero attached hydrogens (tertiary/aromatic N) is 1. The van der Waals surface area contributed by atoms with Gasteiger partial charge < -0.3 is 0 Å². The van der Waals surface area contributed by atoms with Crippen LogP contribution in [-0.4, -0.2) is 37.9 Å². The average molecular weight is 257 g/mol. The molecule has 1 saturated heterocycles. The van der Waals surface area contributed by atoms with E-state index < -0.39 is 9.84 Å². The normalized spacial score (nSPS) is 23.1. The van der Waals surface area contributed by atoms with Gasteiger partial charge in [0.1, 0.15) is 5.82 Å². The molecule has 1 atom stereocenters. The highest BCUT2D eigenvalue weighted by atomic mass is 32.2. The van der Waals surface area contributed by atoms with Gasteiger partial charge in [-0.25, -0.2) is 12.8 Å². The Balaban J connectivity index is 2.03. The molecule has 0 aromatic heterocycles. The molecule has 0 saturated carbocycles. The highest BCUT2D eigenvalue weighted by Gasteiger charge is 2.30. The van der Waals surface area contributed by atoms with E-state index in [9.17, 15) is 12.8 Å². The molecule has 1 unspecified atom stereocenters. The predicted molar refractivity (Wildman–Crippen MR) is 64.9 cm³/mol. The van der Waals surface area contributed by atoms with Crippen molar-refractivity contribution in [2.24, 2.45) is 0 Å². The fourth-order valence-corrected chi connectivity index (χ4v) is 3.95. The summed E-state index contributed by atoms with van der Waals surface area (Å²) in [6.07, 6.45) is 0.646. The van der Waals surface area contributed by atoms with Gasteiger partial charge in [-0.15, -0.1) is 0 Å². The van der Waals surface area contributed by atoms with Crippen LogP contribution in [-0.2, 0) is 16.4 Å². The second kappa shape index (κ2) is 4.74. The van der Waals surface area contributed by atoms with Crippen LogP contribution >= 0.6 is 0 Å². The molecule has 0 bridgehead atoms. The van der Waals surface area contributed by atoms with Gasteiger partial charge in [-0.2, -0.15) is 0 Å². The summed E-state index contributed by atoms with van der Waals surface area (Å²) in [6, 6.07) is 6.61. The minimum Gasteiger partial charge on any atom is -0.298 e. The van der Waals surface area contributed by atoms with Crippen LogP contribution in [0.1, 0.15) is 12.0 Å².